The molecule has 1 atom stereocenters. The first-order valence-corrected chi connectivity index (χ1v) is 10.1. The second-order valence-corrected chi connectivity index (χ2v) is 7.92. The Labute approximate surface area is 176 Å². The van der Waals surface area contributed by atoms with E-state index in [1.807, 2.05) is 49.4 Å². The van der Waals surface area contributed by atoms with Crippen molar-refractivity contribution in [1.82, 2.24) is 4.90 Å². The first kappa shape index (κ1) is 20.1. The Hall–Kier alpha value is -3.22. The molecule has 0 spiro atoms. The number of amides is 2. The zero-order valence-corrected chi connectivity index (χ0v) is 17.8. The molecule has 2 heterocycles. The molecule has 0 saturated carbocycles. The van der Waals surface area contributed by atoms with Gasteiger partial charge in [0.2, 0.25) is 0 Å². The lowest BCUT2D eigenvalue weighted by Crippen LogP contribution is -2.64. The molecule has 7 heteroatoms. The van der Waals surface area contributed by atoms with Gasteiger partial charge in [-0.25, -0.2) is 0 Å². The van der Waals surface area contributed by atoms with Gasteiger partial charge < -0.3 is 24.2 Å². The van der Waals surface area contributed by atoms with E-state index in [0.717, 1.165) is 17.0 Å². The van der Waals surface area contributed by atoms with Crippen LogP contribution in [0.4, 0.5) is 11.4 Å². The third-order valence-electron chi connectivity index (χ3n) is 5.90. The standard InChI is InChI=1S/C23H27N3O4/c1-16-9-10-20-18(15-16)24(3)21(27)23(2,30-20)22(28)26-13-11-25(12-14-26)17-7-5-6-8-19(17)29-4/h5-10,15H,11-14H2,1-4H3. The molecule has 1 fully saturated rings. The van der Waals surface area contributed by atoms with E-state index in [1.165, 1.54) is 4.90 Å². The quantitative estimate of drug-likeness (QED) is 0.729. The Morgan fingerprint density at radius 3 is 2.47 bits per heavy atom. The molecule has 0 radical (unpaired) electrons. The van der Waals surface area contributed by atoms with Crippen LogP contribution >= 0.6 is 0 Å². The number of ether oxygens (including phenoxy) is 2. The molecule has 2 aromatic rings. The molecule has 0 aromatic heterocycles. The zero-order chi connectivity index (χ0) is 21.5. The fourth-order valence-electron chi connectivity index (χ4n) is 4.15. The van der Waals surface area contributed by atoms with E-state index >= 15 is 0 Å². The lowest BCUT2D eigenvalue weighted by molar-refractivity contribution is -0.156. The Kier molecular flexibility index (Phi) is 5.05. The summed E-state index contributed by atoms with van der Waals surface area (Å²) in [7, 11) is 3.34. The predicted octanol–water partition coefficient (Wildman–Crippen LogP) is 2.47. The molecule has 7 nitrogen and oxygen atoms in total. The van der Waals surface area contributed by atoms with Gasteiger partial charge in [-0.1, -0.05) is 18.2 Å². The SMILES string of the molecule is COc1ccccc1N1CCN(C(=O)C2(C)Oc3ccc(C)cc3N(C)C2=O)CC1. The third-order valence-corrected chi connectivity index (χ3v) is 5.90. The molecule has 4 rings (SSSR count). The first-order chi connectivity index (χ1) is 14.3. The van der Waals surface area contributed by atoms with Crippen molar-refractivity contribution >= 4 is 23.2 Å². The minimum Gasteiger partial charge on any atom is -0.495 e. The minimum atomic E-state index is -1.57. The molecule has 0 N–H and O–H groups in total. The van der Waals surface area contributed by atoms with E-state index in [1.54, 1.807) is 26.0 Å². The van der Waals surface area contributed by atoms with Crippen LogP contribution in [0, 0.1) is 6.92 Å². The summed E-state index contributed by atoms with van der Waals surface area (Å²) in [6.07, 6.45) is 0. The van der Waals surface area contributed by atoms with Gasteiger partial charge >= 0.3 is 0 Å². The Bertz CT molecular complexity index is 984. The van der Waals surface area contributed by atoms with Crippen LogP contribution in [-0.2, 0) is 9.59 Å². The number of aryl methyl sites for hydroxylation is 1. The van der Waals surface area contributed by atoms with Gasteiger partial charge in [0.25, 0.3) is 17.4 Å². The number of fused-ring (bicyclic) bond motifs is 1. The van der Waals surface area contributed by atoms with Gasteiger partial charge in [0.1, 0.15) is 11.5 Å². The van der Waals surface area contributed by atoms with E-state index in [-0.39, 0.29) is 11.8 Å². The summed E-state index contributed by atoms with van der Waals surface area (Å²) in [4.78, 5) is 31.9. The highest BCUT2D eigenvalue weighted by atomic mass is 16.5. The second kappa shape index (κ2) is 7.55. The normalized spacial score (nSPS) is 21.2. The van der Waals surface area contributed by atoms with E-state index in [9.17, 15) is 9.59 Å². The maximum atomic E-state index is 13.4. The number of anilines is 2. The fourth-order valence-corrected chi connectivity index (χ4v) is 4.15. The Balaban J connectivity index is 1.51. The van der Waals surface area contributed by atoms with E-state index < -0.39 is 5.60 Å². The van der Waals surface area contributed by atoms with Crippen LogP contribution in [0.25, 0.3) is 0 Å². The molecule has 158 valence electrons. The summed E-state index contributed by atoms with van der Waals surface area (Å²) in [5.74, 6) is 0.706. The molecule has 2 aliphatic heterocycles. The summed E-state index contributed by atoms with van der Waals surface area (Å²) in [5, 5.41) is 0. The van der Waals surface area contributed by atoms with Crippen LogP contribution in [0.3, 0.4) is 0 Å². The summed E-state index contributed by atoms with van der Waals surface area (Å²) >= 11 is 0. The van der Waals surface area contributed by atoms with Crippen LogP contribution in [-0.4, -0.2) is 62.7 Å². The van der Waals surface area contributed by atoms with Gasteiger partial charge in [-0.15, -0.1) is 0 Å². The van der Waals surface area contributed by atoms with Crippen LogP contribution in [0.15, 0.2) is 42.5 Å². The first-order valence-electron chi connectivity index (χ1n) is 10.1. The minimum absolute atomic E-state index is 0.301. The molecule has 1 unspecified atom stereocenters. The number of carbonyl (C=O) groups is 2. The van der Waals surface area contributed by atoms with Gasteiger partial charge in [0.15, 0.2) is 0 Å². The number of likely N-dealkylation sites (N-methyl/N-ethyl adjacent to an activating group) is 1. The third kappa shape index (κ3) is 3.24. The molecule has 0 aliphatic carbocycles. The number of rotatable bonds is 3. The molecule has 2 aromatic carbocycles. The van der Waals surface area contributed by atoms with Crippen molar-refractivity contribution in [3.63, 3.8) is 0 Å². The zero-order valence-electron chi connectivity index (χ0n) is 17.8. The van der Waals surface area contributed by atoms with Crippen molar-refractivity contribution in [2.75, 3.05) is 50.1 Å². The molecule has 2 aliphatic rings. The largest absolute Gasteiger partial charge is 0.495 e. The van der Waals surface area contributed by atoms with Crippen molar-refractivity contribution in [2.45, 2.75) is 19.4 Å². The molecule has 1 saturated heterocycles. The highest BCUT2D eigenvalue weighted by Gasteiger charge is 2.51. The van der Waals surface area contributed by atoms with Crippen molar-refractivity contribution in [3.05, 3.63) is 48.0 Å². The molecule has 2 amide bonds. The maximum absolute atomic E-state index is 13.4. The van der Waals surface area contributed by atoms with E-state index in [2.05, 4.69) is 4.90 Å². The van der Waals surface area contributed by atoms with Gasteiger partial charge in [-0.3, -0.25) is 9.59 Å². The Morgan fingerprint density at radius 2 is 1.77 bits per heavy atom. The predicted molar refractivity (Wildman–Crippen MR) is 115 cm³/mol. The summed E-state index contributed by atoms with van der Waals surface area (Å²) in [6, 6.07) is 13.5. The fraction of sp³-hybridized carbons (Fsp3) is 0.391. The van der Waals surface area contributed by atoms with Gasteiger partial charge in [0, 0.05) is 33.2 Å². The van der Waals surface area contributed by atoms with Gasteiger partial charge in [-0.2, -0.15) is 0 Å². The van der Waals surface area contributed by atoms with E-state index in [4.69, 9.17) is 9.47 Å². The highest BCUT2D eigenvalue weighted by molar-refractivity contribution is 6.16. The average molecular weight is 409 g/mol. The highest BCUT2D eigenvalue weighted by Crippen LogP contribution is 2.38. The number of benzene rings is 2. The number of hydrogen-bond donors (Lipinski definition) is 0. The van der Waals surface area contributed by atoms with Crippen LogP contribution in [0.1, 0.15) is 12.5 Å². The van der Waals surface area contributed by atoms with Crippen LogP contribution in [0.2, 0.25) is 0 Å². The summed E-state index contributed by atoms with van der Waals surface area (Å²) in [5.41, 5.74) is 1.15. The lowest BCUT2D eigenvalue weighted by atomic mass is 9.98. The molecule has 30 heavy (non-hydrogen) atoms. The molecular formula is C23H27N3O4. The average Bonchev–Trinajstić information content (AvgIpc) is 2.78. The number of methoxy groups -OCH3 is 1. The molecular weight excluding hydrogens is 382 g/mol. The van der Waals surface area contributed by atoms with Crippen molar-refractivity contribution < 1.29 is 19.1 Å². The summed E-state index contributed by atoms with van der Waals surface area (Å²) < 4.78 is 11.5. The monoisotopic (exact) mass is 409 g/mol. The second-order valence-electron chi connectivity index (χ2n) is 7.92. The number of piperazine rings is 1. The Morgan fingerprint density at radius 1 is 1.07 bits per heavy atom. The van der Waals surface area contributed by atoms with Crippen molar-refractivity contribution in [1.29, 1.82) is 0 Å². The summed E-state index contributed by atoms with van der Waals surface area (Å²) in [6.45, 7) is 5.85. The van der Waals surface area contributed by atoms with Gasteiger partial charge in [-0.05, 0) is 43.7 Å². The van der Waals surface area contributed by atoms with Gasteiger partial charge in [0.05, 0.1) is 18.5 Å². The van der Waals surface area contributed by atoms with Crippen molar-refractivity contribution in [2.24, 2.45) is 0 Å². The number of carbonyl (C=O) groups excluding carboxylic acids is 2. The van der Waals surface area contributed by atoms with Crippen LogP contribution in [0.5, 0.6) is 11.5 Å². The molecule has 0 bridgehead atoms. The smallest absolute Gasteiger partial charge is 0.280 e. The lowest BCUT2D eigenvalue weighted by Gasteiger charge is -2.43. The number of para-hydroxylation sites is 2. The van der Waals surface area contributed by atoms with Crippen molar-refractivity contribution in [3.8, 4) is 11.5 Å². The topological polar surface area (TPSA) is 62.3 Å². The van der Waals surface area contributed by atoms with E-state index in [0.29, 0.717) is 37.6 Å². The maximum Gasteiger partial charge on any atom is 0.280 e. The number of nitrogens with zero attached hydrogens (tertiary/aromatic N) is 3. The number of hydrogen-bond acceptors (Lipinski definition) is 5. The van der Waals surface area contributed by atoms with Crippen LogP contribution < -0.4 is 19.3 Å².